The summed E-state index contributed by atoms with van der Waals surface area (Å²) in [7, 11) is 0. The molecule has 2 fully saturated rings. The molecule has 2 aliphatic heterocycles. The summed E-state index contributed by atoms with van der Waals surface area (Å²) in [5.41, 5.74) is 1.69. The van der Waals surface area contributed by atoms with Crippen LogP contribution in [0.5, 0.6) is 0 Å². The van der Waals surface area contributed by atoms with E-state index in [9.17, 15) is 9.59 Å². The Kier molecular flexibility index (Phi) is 5.87. The SMILES string of the molecule is O=C(NCc1cn2ccccc2n1)[C@H]1CCC(=O)N(CCN2CCOCC2)C1. The minimum atomic E-state index is -0.153. The number of morpholine rings is 1. The number of piperidine rings is 1. The molecule has 1 atom stereocenters. The third-order valence-electron chi connectivity index (χ3n) is 5.52. The highest BCUT2D eigenvalue weighted by atomic mass is 16.5. The first-order valence-electron chi connectivity index (χ1n) is 9.97. The Balaban J connectivity index is 1.27. The van der Waals surface area contributed by atoms with Crippen LogP contribution in [0.15, 0.2) is 30.6 Å². The molecule has 2 aromatic heterocycles. The number of carbonyl (C=O) groups excluding carboxylic acids is 2. The third kappa shape index (κ3) is 4.51. The fraction of sp³-hybridized carbons (Fsp3) is 0.550. The number of fused-ring (bicyclic) bond motifs is 1. The van der Waals surface area contributed by atoms with Crippen LogP contribution >= 0.6 is 0 Å². The van der Waals surface area contributed by atoms with E-state index in [1.807, 2.05) is 39.9 Å². The van der Waals surface area contributed by atoms with Gasteiger partial charge in [0.2, 0.25) is 11.8 Å². The van der Waals surface area contributed by atoms with Crippen molar-refractivity contribution in [1.29, 1.82) is 0 Å². The Morgan fingerprint density at radius 1 is 1.25 bits per heavy atom. The number of likely N-dealkylation sites (tertiary alicyclic amines) is 1. The maximum Gasteiger partial charge on any atom is 0.225 e. The number of rotatable bonds is 6. The maximum absolute atomic E-state index is 12.6. The summed E-state index contributed by atoms with van der Waals surface area (Å²) in [6.45, 7) is 5.73. The average molecular weight is 385 g/mol. The van der Waals surface area contributed by atoms with Gasteiger partial charge in [0.25, 0.3) is 0 Å². The molecule has 0 saturated carbocycles. The molecule has 8 heteroatoms. The predicted molar refractivity (Wildman–Crippen MR) is 104 cm³/mol. The van der Waals surface area contributed by atoms with Crippen molar-refractivity contribution in [3.63, 3.8) is 0 Å². The van der Waals surface area contributed by atoms with Gasteiger partial charge in [-0.15, -0.1) is 0 Å². The third-order valence-corrected chi connectivity index (χ3v) is 5.52. The van der Waals surface area contributed by atoms with Crippen molar-refractivity contribution in [1.82, 2.24) is 24.5 Å². The van der Waals surface area contributed by atoms with Crippen molar-refractivity contribution in [3.8, 4) is 0 Å². The van der Waals surface area contributed by atoms with Crippen LogP contribution in [0, 0.1) is 5.92 Å². The lowest BCUT2D eigenvalue weighted by Gasteiger charge is -2.34. The minimum Gasteiger partial charge on any atom is -0.379 e. The first-order valence-corrected chi connectivity index (χ1v) is 9.97. The molecular weight excluding hydrogens is 358 g/mol. The van der Waals surface area contributed by atoms with Crippen LogP contribution in [-0.4, -0.2) is 76.9 Å². The summed E-state index contributed by atoms with van der Waals surface area (Å²) in [5.74, 6) is -0.00184. The van der Waals surface area contributed by atoms with Crippen molar-refractivity contribution >= 4 is 17.5 Å². The minimum absolute atomic E-state index is 0.000860. The van der Waals surface area contributed by atoms with Crippen LogP contribution in [0.2, 0.25) is 0 Å². The van der Waals surface area contributed by atoms with Crippen molar-refractivity contribution in [2.75, 3.05) is 45.9 Å². The fourth-order valence-electron chi connectivity index (χ4n) is 3.83. The second-order valence-corrected chi connectivity index (χ2v) is 7.45. The van der Waals surface area contributed by atoms with E-state index in [-0.39, 0.29) is 17.7 Å². The standard InChI is InChI=1S/C20H27N5O3/c26-19-5-4-16(14-25(19)8-7-23-9-11-28-12-10-23)20(27)21-13-17-15-24-6-2-1-3-18(24)22-17/h1-3,6,15-16H,4-5,7-14H2,(H,21,27)/t16-/m0/s1. The number of pyridine rings is 1. The predicted octanol–water partition coefficient (Wildman–Crippen LogP) is 0.521. The zero-order valence-corrected chi connectivity index (χ0v) is 16.0. The number of carbonyl (C=O) groups is 2. The fourth-order valence-corrected chi connectivity index (χ4v) is 3.83. The Hall–Kier alpha value is -2.45. The molecule has 0 unspecified atom stereocenters. The van der Waals surface area contributed by atoms with Gasteiger partial charge in [0.1, 0.15) is 5.65 Å². The van der Waals surface area contributed by atoms with Gasteiger partial charge in [0.15, 0.2) is 0 Å². The van der Waals surface area contributed by atoms with E-state index >= 15 is 0 Å². The van der Waals surface area contributed by atoms with E-state index < -0.39 is 0 Å². The molecule has 0 bridgehead atoms. The summed E-state index contributed by atoms with van der Waals surface area (Å²) >= 11 is 0. The lowest BCUT2D eigenvalue weighted by molar-refractivity contribution is -0.138. The number of ether oxygens (including phenoxy) is 1. The highest BCUT2D eigenvalue weighted by Gasteiger charge is 2.30. The Morgan fingerprint density at radius 3 is 2.93 bits per heavy atom. The molecule has 28 heavy (non-hydrogen) atoms. The first kappa shape index (κ1) is 18.9. The summed E-state index contributed by atoms with van der Waals surface area (Å²) < 4.78 is 7.30. The van der Waals surface area contributed by atoms with Crippen LogP contribution < -0.4 is 5.32 Å². The van der Waals surface area contributed by atoms with E-state index in [4.69, 9.17) is 4.74 Å². The summed E-state index contributed by atoms with van der Waals surface area (Å²) in [6.07, 6.45) is 4.92. The lowest BCUT2D eigenvalue weighted by atomic mass is 9.96. The van der Waals surface area contributed by atoms with Crippen LogP contribution in [-0.2, 0) is 20.9 Å². The van der Waals surface area contributed by atoms with Gasteiger partial charge in [-0.05, 0) is 18.6 Å². The largest absolute Gasteiger partial charge is 0.379 e. The van der Waals surface area contributed by atoms with E-state index in [1.54, 1.807) is 0 Å². The van der Waals surface area contributed by atoms with Gasteiger partial charge in [-0.1, -0.05) is 6.07 Å². The van der Waals surface area contributed by atoms with Crippen LogP contribution in [0.4, 0.5) is 0 Å². The average Bonchev–Trinajstić information content (AvgIpc) is 3.15. The molecule has 4 heterocycles. The highest BCUT2D eigenvalue weighted by Crippen LogP contribution is 2.18. The van der Waals surface area contributed by atoms with Crippen molar-refractivity contribution in [3.05, 3.63) is 36.3 Å². The van der Waals surface area contributed by atoms with E-state index in [2.05, 4.69) is 15.2 Å². The first-order chi connectivity index (χ1) is 13.7. The molecule has 0 radical (unpaired) electrons. The van der Waals surface area contributed by atoms with Gasteiger partial charge in [0, 0.05) is 51.5 Å². The summed E-state index contributed by atoms with van der Waals surface area (Å²) in [6, 6.07) is 5.82. The van der Waals surface area contributed by atoms with Crippen molar-refractivity contribution in [2.45, 2.75) is 19.4 Å². The summed E-state index contributed by atoms with van der Waals surface area (Å²) in [4.78, 5) is 33.5. The van der Waals surface area contributed by atoms with Gasteiger partial charge in [-0.3, -0.25) is 14.5 Å². The normalized spacial score (nSPS) is 21.2. The second-order valence-electron chi connectivity index (χ2n) is 7.45. The number of nitrogens with zero attached hydrogens (tertiary/aromatic N) is 4. The molecule has 8 nitrogen and oxygen atoms in total. The van der Waals surface area contributed by atoms with Gasteiger partial charge in [-0.2, -0.15) is 0 Å². The number of imidazole rings is 1. The number of aromatic nitrogens is 2. The number of hydrogen-bond acceptors (Lipinski definition) is 5. The maximum atomic E-state index is 12.6. The number of hydrogen-bond donors (Lipinski definition) is 1. The molecule has 0 spiro atoms. The zero-order valence-electron chi connectivity index (χ0n) is 16.0. The van der Waals surface area contributed by atoms with Gasteiger partial charge < -0.3 is 19.4 Å². The molecule has 2 aliphatic rings. The molecule has 0 aromatic carbocycles. The van der Waals surface area contributed by atoms with Crippen LogP contribution in [0.1, 0.15) is 18.5 Å². The zero-order chi connectivity index (χ0) is 19.3. The second kappa shape index (κ2) is 8.70. The van der Waals surface area contributed by atoms with Gasteiger partial charge in [0.05, 0.1) is 31.4 Å². The Bertz CT molecular complexity index is 797. The summed E-state index contributed by atoms with van der Waals surface area (Å²) in [5, 5.41) is 2.99. The Morgan fingerprint density at radius 2 is 2.11 bits per heavy atom. The van der Waals surface area contributed by atoms with E-state index in [0.717, 1.165) is 44.2 Å². The topological polar surface area (TPSA) is 79.2 Å². The lowest BCUT2D eigenvalue weighted by Crippen LogP contribution is -2.49. The highest BCUT2D eigenvalue weighted by molar-refractivity contribution is 5.83. The number of nitrogens with one attached hydrogen (secondary N) is 1. The van der Waals surface area contributed by atoms with Crippen LogP contribution in [0.3, 0.4) is 0 Å². The quantitative estimate of drug-likeness (QED) is 0.784. The van der Waals surface area contributed by atoms with Crippen LogP contribution in [0.25, 0.3) is 5.65 Å². The van der Waals surface area contributed by atoms with Crippen molar-refractivity contribution < 1.29 is 14.3 Å². The van der Waals surface area contributed by atoms with E-state index in [0.29, 0.717) is 32.5 Å². The molecule has 0 aliphatic carbocycles. The monoisotopic (exact) mass is 385 g/mol. The Labute approximate surface area is 164 Å². The molecular formula is C20H27N5O3. The molecule has 2 saturated heterocycles. The smallest absolute Gasteiger partial charge is 0.225 e. The molecule has 4 rings (SSSR count). The van der Waals surface area contributed by atoms with Gasteiger partial charge >= 0.3 is 0 Å². The molecule has 150 valence electrons. The molecule has 2 amide bonds. The van der Waals surface area contributed by atoms with Gasteiger partial charge in [-0.25, -0.2) is 4.98 Å². The molecule has 1 N–H and O–H groups in total. The molecule has 2 aromatic rings. The number of amides is 2. The van der Waals surface area contributed by atoms with Crippen molar-refractivity contribution in [2.24, 2.45) is 5.92 Å². The van der Waals surface area contributed by atoms with E-state index in [1.165, 1.54) is 0 Å².